The number of hydrogen-bond donors (Lipinski definition) is 1. The van der Waals surface area contributed by atoms with Gasteiger partial charge in [-0.15, -0.1) is 0 Å². The van der Waals surface area contributed by atoms with E-state index in [0.29, 0.717) is 11.5 Å². The Morgan fingerprint density at radius 3 is 2.32 bits per heavy atom. The predicted octanol–water partition coefficient (Wildman–Crippen LogP) is 2.53. The quantitative estimate of drug-likeness (QED) is 0.840. The van der Waals surface area contributed by atoms with E-state index in [1.165, 1.54) is 6.26 Å². The molecule has 0 amide bonds. The van der Waals surface area contributed by atoms with Crippen LogP contribution in [0.1, 0.15) is 19.3 Å². The molecule has 1 aromatic carbocycles. The van der Waals surface area contributed by atoms with Crippen LogP contribution in [0.2, 0.25) is 0 Å². The zero-order chi connectivity index (χ0) is 19.9. The molecule has 2 aromatic rings. The Kier molecular flexibility index (Phi) is 4.83. The Morgan fingerprint density at radius 1 is 1.07 bits per heavy atom. The summed E-state index contributed by atoms with van der Waals surface area (Å²) in [6.07, 6.45) is 6.16. The highest BCUT2D eigenvalue weighted by molar-refractivity contribution is 7.89. The predicted molar refractivity (Wildman–Crippen MR) is 109 cm³/mol. The maximum atomic E-state index is 12.1. The van der Waals surface area contributed by atoms with Gasteiger partial charge in [-0.2, -0.15) is 0 Å². The lowest BCUT2D eigenvalue weighted by Gasteiger charge is -2.40. The highest BCUT2D eigenvalue weighted by Gasteiger charge is 2.42. The molecule has 0 aliphatic carbocycles. The largest absolute Gasteiger partial charge is 0.493 e. The molecular formula is C19H27N5O3S. The van der Waals surface area contributed by atoms with Gasteiger partial charge in [0.25, 0.3) is 0 Å². The Hall–Kier alpha value is -2.13. The monoisotopic (exact) mass is 405 g/mol. The highest BCUT2D eigenvalue weighted by atomic mass is 32.2. The van der Waals surface area contributed by atoms with Crippen molar-refractivity contribution < 1.29 is 13.7 Å². The molecule has 152 valence electrons. The van der Waals surface area contributed by atoms with Crippen LogP contribution in [0.25, 0.3) is 10.9 Å². The average Bonchev–Trinajstić information content (AvgIpc) is 3.11. The highest BCUT2D eigenvalue weighted by Crippen LogP contribution is 2.43. The zero-order valence-electron chi connectivity index (χ0n) is 16.6. The van der Waals surface area contributed by atoms with Gasteiger partial charge in [-0.1, -0.05) is 0 Å². The summed E-state index contributed by atoms with van der Waals surface area (Å²) < 4.78 is 32.7. The maximum Gasteiger partial charge on any atom is 0.162 e. The lowest BCUT2D eigenvalue weighted by atomic mass is 9.78. The number of rotatable bonds is 4. The minimum absolute atomic E-state index is 0.167. The molecule has 1 aromatic heterocycles. The number of aromatic nitrogens is 2. The van der Waals surface area contributed by atoms with Crippen LogP contribution in [-0.2, 0) is 9.92 Å². The number of hydrogen-bond acceptors (Lipinski definition) is 7. The smallest absolute Gasteiger partial charge is 0.162 e. The van der Waals surface area contributed by atoms with Crippen LogP contribution < -0.4 is 14.4 Å². The average molecular weight is 406 g/mol. The standard InChI is InChI=1S/C19H27N5O3S/c1-26-16-10-14-15(11-17(16)27-2)21-13-22-18(14)23-7-4-19(5-8-23)6-9-24(12-19)28(3,20)25/h10-11,13,20H,4-9,12H2,1-3H3/t28-/m1/s1. The number of ether oxygens (including phenoxy) is 2. The first kappa shape index (κ1) is 19.2. The number of nitrogens with one attached hydrogen (secondary N) is 1. The fourth-order valence-electron chi connectivity index (χ4n) is 4.41. The molecule has 0 unspecified atom stereocenters. The SMILES string of the molecule is COc1cc2ncnc(N3CCC4(CC3)CCN([S@@](C)(=N)=O)C4)c2cc1OC. The van der Waals surface area contributed by atoms with Gasteiger partial charge in [0.05, 0.1) is 19.7 Å². The molecule has 1 atom stereocenters. The van der Waals surface area contributed by atoms with Gasteiger partial charge in [-0.25, -0.2) is 23.3 Å². The zero-order valence-corrected chi connectivity index (χ0v) is 17.4. The molecule has 4 rings (SSSR count). The minimum Gasteiger partial charge on any atom is -0.493 e. The number of anilines is 1. The molecule has 0 radical (unpaired) electrons. The Morgan fingerprint density at radius 2 is 1.71 bits per heavy atom. The van der Waals surface area contributed by atoms with Crippen LogP contribution in [0.4, 0.5) is 5.82 Å². The van der Waals surface area contributed by atoms with E-state index in [4.69, 9.17) is 14.3 Å². The third-order valence-corrected chi connectivity index (χ3v) is 7.44. The molecule has 28 heavy (non-hydrogen) atoms. The third-order valence-electron chi connectivity index (χ3n) is 6.14. The molecule has 2 aliphatic rings. The summed E-state index contributed by atoms with van der Waals surface area (Å²) in [5.74, 6) is 2.23. The van der Waals surface area contributed by atoms with Gasteiger partial charge in [0, 0.05) is 43.9 Å². The molecule has 0 bridgehead atoms. The van der Waals surface area contributed by atoms with Gasteiger partial charge in [-0.3, -0.25) is 0 Å². The molecule has 9 heteroatoms. The van der Waals surface area contributed by atoms with Crippen molar-refractivity contribution >= 4 is 26.6 Å². The Labute approximate surface area is 166 Å². The van der Waals surface area contributed by atoms with Crippen molar-refractivity contribution in [3.8, 4) is 11.5 Å². The fourth-order valence-corrected chi connectivity index (χ4v) is 5.37. The van der Waals surface area contributed by atoms with Crippen LogP contribution in [0.3, 0.4) is 0 Å². The topological polar surface area (TPSA) is 91.6 Å². The summed E-state index contributed by atoms with van der Waals surface area (Å²) in [4.78, 5) is 11.3. The summed E-state index contributed by atoms with van der Waals surface area (Å²) in [6.45, 7) is 3.29. The van der Waals surface area contributed by atoms with E-state index >= 15 is 0 Å². The summed E-state index contributed by atoms with van der Waals surface area (Å²) in [6, 6.07) is 3.82. The normalized spacial score (nSPS) is 21.8. The lowest BCUT2D eigenvalue weighted by Crippen LogP contribution is -2.42. The van der Waals surface area contributed by atoms with Crippen molar-refractivity contribution in [2.24, 2.45) is 5.41 Å². The number of fused-ring (bicyclic) bond motifs is 1. The van der Waals surface area contributed by atoms with Crippen LogP contribution in [0, 0.1) is 10.2 Å². The lowest BCUT2D eigenvalue weighted by molar-refractivity contribution is 0.235. The van der Waals surface area contributed by atoms with Gasteiger partial charge in [-0.05, 0) is 30.7 Å². The van der Waals surface area contributed by atoms with Gasteiger partial charge < -0.3 is 14.4 Å². The second-order valence-electron chi connectivity index (χ2n) is 7.82. The first-order chi connectivity index (χ1) is 13.3. The van der Waals surface area contributed by atoms with Crippen molar-refractivity contribution in [2.45, 2.75) is 19.3 Å². The van der Waals surface area contributed by atoms with Gasteiger partial charge in [0.2, 0.25) is 0 Å². The van der Waals surface area contributed by atoms with Crippen LogP contribution >= 0.6 is 0 Å². The number of nitrogens with zero attached hydrogens (tertiary/aromatic N) is 4. The second-order valence-corrected chi connectivity index (χ2v) is 9.95. The summed E-state index contributed by atoms with van der Waals surface area (Å²) in [5.41, 5.74) is 0.995. The Balaban J connectivity index is 1.58. The van der Waals surface area contributed by atoms with Gasteiger partial charge in [0.1, 0.15) is 22.1 Å². The van der Waals surface area contributed by atoms with Crippen molar-refractivity contribution in [1.82, 2.24) is 14.3 Å². The number of piperidine rings is 1. The molecule has 8 nitrogen and oxygen atoms in total. The first-order valence-electron chi connectivity index (χ1n) is 9.46. The van der Waals surface area contributed by atoms with Crippen LogP contribution in [0.15, 0.2) is 18.5 Å². The number of benzene rings is 1. The summed E-state index contributed by atoms with van der Waals surface area (Å²) in [7, 11) is 0.631. The molecule has 1 spiro atoms. The van der Waals surface area contributed by atoms with Crippen molar-refractivity contribution in [3.63, 3.8) is 0 Å². The van der Waals surface area contributed by atoms with Crippen molar-refractivity contribution in [2.75, 3.05) is 51.6 Å². The maximum absolute atomic E-state index is 12.1. The molecule has 2 fully saturated rings. The fraction of sp³-hybridized carbons (Fsp3) is 0.579. The van der Waals surface area contributed by atoms with Crippen LogP contribution in [0.5, 0.6) is 11.5 Å². The third kappa shape index (κ3) is 3.37. The summed E-state index contributed by atoms with van der Waals surface area (Å²) in [5, 5.41) is 0.951. The minimum atomic E-state index is -2.61. The van der Waals surface area contributed by atoms with E-state index in [0.717, 1.165) is 62.2 Å². The van der Waals surface area contributed by atoms with E-state index in [2.05, 4.69) is 14.9 Å². The van der Waals surface area contributed by atoms with Crippen LogP contribution in [-0.4, -0.2) is 65.1 Å². The van der Waals surface area contributed by atoms with Gasteiger partial charge >= 0.3 is 0 Å². The van der Waals surface area contributed by atoms with E-state index < -0.39 is 9.92 Å². The molecule has 2 aliphatic heterocycles. The van der Waals surface area contributed by atoms with Crippen molar-refractivity contribution in [1.29, 1.82) is 4.78 Å². The van der Waals surface area contributed by atoms with E-state index in [-0.39, 0.29) is 5.41 Å². The molecule has 1 N–H and O–H groups in total. The summed E-state index contributed by atoms with van der Waals surface area (Å²) >= 11 is 0. The Bertz CT molecular complexity index is 986. The molecule has 3 heterocycles. The van der Waals surface area contributed by atoms with Gasteiger partial charge in [0.15, 0.2) is 11.5 Å². The first-order valence-corrected chi connectivity index (χ1v) is 11.4. The van der Waals surface area contributed by atoms with E-state index in [9.17, 15) is 4.21 Å². The second kappa shape index (κ2) is 7.04. The van der Waals surface area contributed by atoms with E-state index in [1.54, 1.807) is 20.5 Å². The molecule has 2 saturated heterocycles. The van der Waals surface area contributed by atoms with Crippen molar-refractivity contribution in [3.05, 3.63) is 18.5 Å². The van der Waals surface area contributed by atoms with E-state index in [1.807, 2.05) is 16.4 Å². The molecule has 0 saturated carbocycles. The molecular weight excluding hydrogens is 378 g/mol. The number of methoxy groups -OCH3 is 2.